The Morgan fingerprint density at radius 3 is 2.17 bits per heavy atom. The van der Waals surface area contributed by atoms with Crippen molar-refractivity contribution in [1.82, 2.24) is 0 Å². The van der Waals surface area contributed by atoms with Crippen molar-refractivity contribution in [3.05, 3.63) is 64.7 Å². The first-order chi connectivity index (χ1) is 10.9. The molecule has 0 heterocycles. The number of ketones is 1. The maximum atomic E-state index is 12.7. The highest BCUT2D eigenvalue weighted by molar-refractivity contribution is 7.92. The third kappa shape index (κ3) is 3.99. The molecule has 0 aliphatic carbocycles. The lowest BCUT2D eigenvalue weighted by Crippen LogP contribution is -2.33. The zero-order valence-corrected chi connectivity index (χ0v) is 14.4. The smallest absolute Gasteiger partial charge is 0.226 e. The molecule has 2 aromatic rings. The zero-order chi connectivity index (χ0) is 17.0. The first kappa shape index (κ1) is 17.7. The molecule has 122 valence electrons. The number of halogens is 1. The molecule has 0 saturated carbocycles. The first-order valence-corrected chi connectivity index (χ1v) is 9.00. The quantitative estimate of drug-likeness (QED) is 0.744. The van der Waals surface area contributed by atoms with E-state index in [0.29, 0.717) is 5.02 Å². The number of hydrogen-bond donors (Lipinski definition) is 0. The van der Waals surface area contributed by atoms with Crippen LogP contribution in [0.2, 0.25) is 5.02 Å². The Balaban J connectivity index is 2.42. The molecule has 2 aromatic carbocycles. The van der Waals surface area contributed by atoms with Crippen molar-refractivity contribution >= 4 is 27.2 Å². The summed E-state index contributed by atoms with van der Waals surface area (Å²) in [5.74, 6) is -0.607. The third-order valence-electron chi connectivity index (χ3n) is 3.29. The molecule has 0 fully saturated rings. The summed E-state index contributed by atoms with van der Waals surface area (Å²) in [6.45, 7) is 3.61. The van der Waals surface area contributed by atoms with Gasteiger partial charge in [-0.2, -0.15) is 0 Å². The lowest BCUT2D eigenvalue weighted by molar-refractivity contribution is 0.0686. The Morgan fingerprint density at radius 1 is 1.09 bits per heavy atom. The van der Waals surface area contributed by atoms with Crippen molar-refractivity contribution in [2.75, 3.05) is 6.61 Å². The Kier molecular flexibility index (Phi) is 5.57. The van der Waals surface area contributed by atoms with E-state index < -0.39 is 21.1 Å². The van der Waals surface area contributed by atoms with Gasteiger partial charge in [-0.1, -0.05) is 29.3 Å². The normalized spacial score (nSPS) is 12.8. The molecule has 0 bridgehead atoms. The third-order valence-corrected chi connectivity index (χ3v) is 5.39. The van der Waals surface area contributed by atoms with Gasteiger partial charge in [0.05, 0.1) is 4.90 Å². The highest BCUT2D eigenvalue weighted by Gasteiger charge is 2.35. The van der Waals surface area contributed by atoms with Crippen LogP contribution in [0.15, 0.2) is 53.4 Å². The van der Waals surface area contributed by atoms with Gasteiger partial charge in [0.25, 0.3) is 0 Å². The summed E-state index contributed by atoms with van der Waals surface area (Å²) in [5, 5.41) is 0.468. The highest BCUT2D eigenvalue weighted by Crippen LogP contribution is 2.22. The predicted molar refractivity (Wildman–Crippen MR) is 89.6 cm³/mol. The van der Waals surface area contributed by atoms with Crippen LogP contribution in [-0.2, 0) is 14.6 Å². The largest absolute Gasteiger partial charge is 0.355 e. The van der Waals surface area contributed by atoms with Crippen LogP contribution in [0.3, 0.4) is 0 Å². The number of aryl methyl sites for hydroxylation is 1. The van der Waals surface area contributed by atoms with Crippen LogP contribution in [-0.4, -0.2) is 26.2 Å². The Hall–Kier alpha value is -1.69. The Bertz CT molecular complexity index is 780. The molecule has 2 rings (SSSR count). The summed E-state index contributed by atoms with van der Waals surface area (Å²) in [6.07, 6.45) is 0. The topological polar surface area (TPSA) is 60.4 Å². The van der Waals surface area contributed by atoms with E-state index in [4.69, 9.17) is 16.3 Å². The van der Waals surface area contributed by atoms with Gasteiger partial charge in [0.15, 0.2) is 0 Å². The van der Waals surface area contributed by atoms with E-state index in [1.807, 2.05) is 6.92 Å². The van der Waals surface area contributed by atoms with E-state index >= 15 is 0 Å². The van der Waals surface area contributed by atoms with Crippen LogP contribution >= 0.6 is 11.6 Å². The molecular formula is C17H17ClO4S. The first-order valence-electron chi connectivity index (χ1n) is 7.08. The molecule has 6 heteroatoms. The molecule has 0 amide bonds. The van der Waals surface area contributed by atoms with Gasteiger partial charge >= 0.3 is 0 Å². The minimum absolute atomic E-state index is 0.0591. The van der Waals surface area contributed by atoms with Crippen LogP contribution < -0.4 is 0 Å². The summed E-state index contributed by atoms with van der Waals surface area (Å²) in [4.78, 5) is 12.6. The van der Waals surface area contributed by atoms with Crippen LogP contribution in [0, 0.1) is 6.92 Å². The van der Waals surface area contributed by atoms with Crippen LogP contribution in [0.4, 0.5) is 0 Å². The highest BCUT2D eigenvalue weighted by atomic mass is 35.5. The fraction of sp³-hybridized carbons (Fsp3) is 0.235. The van der Waals surface area contributed by atoms with Gasteiger partial charge in [-0.05, 0) is 50.2 Å². The van der Waals surface area contributed by atoms with Gasteiger partial charge in [0.1, 0.15) is 0 Å². The maximum Gasteiger partial charge on any atom is 0.226 e. The lowest BCUT2D eigenvalue weighted by Gasteiger charge is -2.17. The van der Waals surface area contributed by atoms with Gasteiger partial charge in [-0.15, -0.1) is 0 Å². The van der Waals surface area contributed by atoms with Crippen molar-refractivity contribution in [2.45, 2.75) is 24.2 Å². The number of carbonyl (C=O) groups excluding carboxylic acids is 1. The van der Waals surface area contributed by atoms with Crippen LogP contribution in [0.5, 0.6) is 0 Å². The van der Waals surface area contributed by atoms with E-state index in [9.17, 15) is 13.2 Å². The molecule has 0 spiro atoms. The fourth-order valence-electron chi connectivity index (χ4n) is 2.06. The number of sulfone groups is 1. The average molecular weight is 353 g/mol. The molecule has 4 nitrogen and oxygen atoms in total. The minimum Gasteiger partial charge on any atom is -0.355 e. The van der Waals surface area contributed by atoms with Crippen molar-refractivity contribution in [1.29, 1.82) is 0 Å². The standard InChI is InChI=1S/C17H17ClO4S/c1-3-22-17(16(19)13-6-8-14(18)9-7-13)23(20,21)15-10-4-12(2)5-11-15/h4-11,17H,3H2,1-2H3. The second-order valence-electron chi connectivity index (χ2n) is 5.02. The van der Waals surface area contributed by atoms with Gasteiger partial charge in [-0.3, -0.25) is 4.79 Å². The molecule has 0 saturated heterocycles. The van der Waals surface area contributed by atoms with Gasteiger partial charge < -0.3 is 4.74 Å². The second kappa shape index (κ2) is 7.25. The van der Waals surface area contributed by atoms with E-state index in [2.05, 4.69) is 0 Å². The number of ether oxygens (including phenoxy) is 1. The van der Waals surface area contributed by atoms with Crippen molar-refractivity contribution < 1.29 is 17.9 Å². The number of hydrogen-bond acceptors (Lipinski definition) is 4. The molecule has 1 atom stereocenters. The molecule has 23 heavy (non-hydrogen) atoms. The molecule has 0 aliphatic rings. The molecule has 1 unspecified atom stereocenters. The van der Waals surface area contributed by atoms with E-state index in [0.717, 1.165) is 5.56 Å². The minimum atomic E-state index is -3.94. The number of Topliss-reactive ketones (excluding diaryl/α,β-unsaturated/α-hetero) is 1. The summed E-state index contributed by atoms with van der Waals surface area (Å²) in [6, 6.07) is 12.4. The predicted octanol–water partition coefficient (Wildman–Crippen LogP) is 3.67. The molecular weight excluding hydrogens is 336 g/mol. The summed E-state index contributed by atoms with van der Waals surface area (Å²) >= 11 is 5.80. The van der Waals surface area contributed by atoms with Crippen LogP contribution in [0.1, 0.15) is 22.8 Å². The van der Waals surface area contributed by atoms with Gasteiger partial charge in [-0.25, -0.2) is 8.42 Å². The number of benzene rings is 2. The van der Waals surface area contributed by atoms with Crippen LogP contribution in [0.25, 0.3) is 0 Å². The van der Waals surface area contributed by atoms with Crippen molar-refractivity contribution in [2.24, 2.45) is 0 Å². The lowest BCUT2D eigenvalue weighted by atomic mass is 10.1. The van der Waals surface area contributed by atoms with Crippen molar-refractivity contribution in [3.8, 4) is 0 Å². The molecule has 0 N–H and O–H groups in total. The van der Waals surface area contributed by atoms with Gasteiger partial charge in [0.2, 0.25) is 21.1 Å². The Labute approximate surface area is 141 Å². The van der Waals surface area contributed by atoms with Crippen molar-refractivity contribution in [3.63, 3.8) is 0 Å². The fourth-order valence-corrected chi connectivity index (χ4v) is 3.68. The van der Waals surface area contributed by atoms with E-state index in [-0.39, 0.29) is 17.1 Å². The molecule has 0 radical (unpaired) electrons. The summed E-state index contributed by atoms with van der Waals surface area (Å²) in [7, 11) is -3.94. The van der Waals surface area contributed by atoms with Gasteiger partial charge in [0, 0.05) is 17.2 Å². The van der Waals surface area contributed by atoms with E-state index in [1.54, 1.807) is 19.1 Å². The average Bonchev–Trinajstić information content (AvgIpc) is 2.53. The SMILES string of the molecule is CCOC(C(=O)c1ccc(Cl)cc1)S(=O)(=O)c1ccc(C)cc1. The summed E-state index contributed by atoms with van der Waals surface area (Å²) in [5.41, 5.74) is -0.402. The molecule has 0 aromatic heterocycles. The number of rotatable bonds is 6. The molecule has 0 aliphatic heterocycles. The Morgan fingerprint density at radius 2 is 1.65 bits per heavy atom. The zero-order valence-electron chi connectivity index (χ0n) is 12.8. The monoisotopic (exact) mass is 352 g/mol. The maximum absolute atomic E-state index is 12.7. The second-order valence-corrected chi connectivity index (χ2v) is 7.44. The van der Waals surface area contributed by atoms with E-state index in [1.165, 1.54) is 36.4 Å². The number of carbonyl (C=O) groups is 1. The summed E-state index contributed by atoms with van der Waals surface area (Å²) < 4.78 is 30.8.